The second-order valence-electron chi connectivity index (χ2n) is 6.40. The van der Waals surface area contributed by atoms with E-state index in [9.17, 15) is 27.6 Å². The zero-order valence-corrected chi connectivity index (χ0v) is 14.5. The number of carbonyl (C=O) groups is 3. The maximum absolute atomic E-state index is 12.7. The summed E-state index contributed by atoms with van der Waals surface area (Å²) in [4.78, 5) is 37.7. The first-order valence-corrected chi connectivity index (χ1v) is 8.80. The van der Waals surface area contributed by atoms with Crippen LogP contribution in [0.3, 0.4) is 0 Å². The van der Waals surface area contributed by atoms with Crippen LogP contribution in [0, 0.1) is 5.92 Å². The molecule has 1 aliphatic carbocycles. The maximum Gasteiger partial charge on any atom is 0.445 e. The summed E-state index contributed by atoms with van der Waals surface area (Å²) in [5.41, 5.74) is -0.998. The third-order valence-electron chi connectivity index (χ3n) is 4.72. The Balaban J connectivity index is 1.67. The third-order valence-corrected chi connectivity index (χ3v) is 5.60. The highest BCUT2D eigenvalue weighted by atomic mass is 32.1. The van der Waals surface area contributed by atoms with Gasteiger partial charge in [0, 0.05) is 0 Å². The molecule has 26 heavy (non-hydrogen) atoms. The monoisotopic (exact) mass is 391 g/mol. The number of alkyl halides is 3. The number of hydrogen-bond acceptors (Lipinski definition) is 6. The molecule has 12 heteroatoms. The smallest absolute Gasteiger partial charge is 0.323 e. The topological polar surface area (TPSA) is 104 Å². The van der Waals surface area contributed by atoms with Crippen LogP contribution in [0.5, 0.6) is 0 Å². The summed E-state index contributed by atoms with van der Waals surface area (Å²) in [5, 5.41) is 9.48. The summed E-state index contributed by atoms with van der Waals surface area (Å²) >= 11 is 0.166. The van der Waals surface area contributed by atoms with E-state index in [1.54, 1.807) is 0 Å². The van der Waals surface area contributed by atoms with Gasteiger partial charge in [0.1, 0.15) is 12.1 Å². The molecule has 2 unspecified atom stereocenters. The van der Waals surface area contributed by atoms with Gasteiger partial charge in [-0.2, -0.15) is 13.2 Å². The number of urea groups is 1. The highest BCUT2D eigenvalue weighted by Crippen LogP contribution is 2.38. The minimum Gasteiger partial charge on any atom is -0.323 e. The van der Waals surface area contributed by atoms with Gasteiger partial charge in [-0.05, 0) is 18.8 Å². The Labute approximate surface area is 150 Å². The van der Waals surface area contributed by atoms with Crippen molar-refractivity contribution in [2.75, 3.05) is 11.9 Å². The molecule has 0 radical (unpaired) electrons. The Hall–Kier alpha value is -2.24. The summed E-state index contributed by atoms with van der Waals surface area (Å²) in [6.45, 7) is 1.28. The molecule has 1 aromatic rings. The fourth-order valence-corrected chi connectivity index (χ4v) is 3.96. The lowest BCUT2D eigenvalue weighted by atomic mass is 9.73. The average Bonchev–Trinajstić information content (AvgIpc) is 3.10. The van der Waals surface area contributed by atoms with E-state index in [-0.39, 0.29) is 22.4 Å². The number of carbonyl (C=O) groups excluding carboxylic acids is 3. The molecule has 2 N–H and O–H groups in total. The fourth-order valence-electron chi connectivity index (χ4n) is 3.33. The van der Waals surface area contributed by atoms with E-state index >= 15 is 0 Å². The van der Waals surface area contributed by atoms with Gasteiger partial charge >= 0.3 is 12.2 Å². The van der Waals surface area contributed by atoms with Crippen molar-refractivity contribution in [3.8, 4) is 0 Å². The molecule has 142 valence electrons. The molecule has 2 fully saturated rings. The Morgan fingerprint density at radius 2 is 2.12 bits per heavy atom. The van der Waals surface area contributed by atoms with E-state index in [0.29, 0.717) is 6.42 Å². The number of amides is 4. The number of rotatable bonds is 3. The van der Waals surface area contributed by atoms with Crippen molar-refractivity contribution in [1.29, 1.82) is 0 Å². The summed E-state index contributed by atoms with van der Waals surface area (Å²) in [6, 6.07) is -0.674. The van der Waals surface area contributed by atoms with Crippen molar-refractivity contribution >= 4 is 34.3 Å². The summed E-state index contributed by atoms with van der Waals surface area (Å²) in [5.74, 6) is -1.35. The fraction of sp³-hybridized carbons (Fsp3) is 0.643. The molecule has 2 atom stereocenters. The highest BCUT2D eigenvalue weighted by Gasteiger charge is 2.55. The second-order valence-corrected chi connectivity index (χ2v) is 7.38. The SMILES string of the molecule is CC1CCCCC12NC(=O)N(CC(=O)Nc1nnc(C(F)(F)F)s1)C2=O. The Morgan fingerprint density at radius 1 is 1.38 bits per heavy atom. The Kier molecular flexibility index (Phi) is 4.63. The first-order valence-electron chi connectivity index (χ1n) is 7.98. The first kappa shape index (κ1) is 18.5. The number of nitrogens with one attached hydrogen (secondary N) is 2. The van der Waals surface area contributed by atoms with Crippen LogP contribution in [0.1, 0.15) is 37.6 Å². The number of nitrogens with zero attached hydrogens (tertiary/aromatic N) is 3. The predicted octanol–water partition coefficient (Wildman–Crippen LogP) is 2.00. The van der Waals surface area contributed by atoms with E-state index in [1.165, 1.54) is 0 Å². The minimum atomic E-state index is -4.66. The van der Waals surface area contributed by atoms with Crippen LogP contribution in [-0.2, 0) is 15.8 Å². The first-order chi connectivity index (χ1) is 12.1. The zero-order chi connectivity index (χ0) is 19.1. The van der Waals surface area contributed by atoms with E-state index in [4.69, 9.17) is 0 Å². The molecule has 1 aliphatic heterocycles. The summed E-state index contributed by atoms with van der Waals surface area (Å²) < 4.78 is 37.5. The molecule has 0 bridgehead atoms. The van der Waals surface area contributed by atoms with E-state index < -0.39 is 41.1 Å². The maximum atomic E-state index is 12.7. The van der Waals surface area contributed by atoms with Gasteiger partial charge in [0.25, 0.3) is 5.91 Å². The second kappa shape index (κ2) is 6.49. The van der Waals surface area contributed by atoms with E-state index in [1.807, 2.05) is 6.92 Å². The Bertz CT molecular complexity index is 752. The highest BCUT2D eigenvalue weighted by molar-refractivity contribution is 7.15. The van der Waals surface area contributed by atoms with Gasteiger partial charge in [-0.3, -0.25) is 19.8 Å². The Morgan fingerprint density at radius 3 is 2.73 bits per heavy atom. The van der Waals surface area contributed by atoms with Crippen molar-refractivity contribution in [2.45, 2.75) is 44.3 Å². The standard InChI is InChI=1S/C14H16F3N5O3S/c1-7-4-2-3-5-13(7)10(24)22(12(25)19-13)6-8(23)18-11-21-20-9(26-11)14(15,16)17/h7H,2-6H2,1H3,(H,19,25)(H,18,21,23). The lowest BCUT2D eigenvalue weighted by molar-refractivity contribution is -0.138. The van der Waals surface area contributed by atoms with Gasteiger partial charge in [0.15, 0.2) is 0 Å². The number of hydrogen-bond donors (Lipinski definition) is 2. The molecular formula is C14H16F3N5O3S. The van der Waals surface area contributed by atoms with Gasteiger partial charge in [-0.25, -0.2) is 4.79 Å². The molecule has 1 aromatic heterocycles. The third kappa shape index (κ3) is 3.24. The minimum absolute atomic E-state index is 0.0572. The summed E-state index contributed by atoms with van der Waals surface area (Å²) in [7, 11) is 0. The molecule has 4 amide bonds. The quantitative estimate of drug-likeness (QED) is 0.767. The number of imide groups is 1. The van der Waals surface area contributed by atoms with Crippen molar-refractivity contribution in [1.82, 2.24) is 20.4 Å². The normalized spacial score (nSPS) is 26.3. The molecule has 1 spiro atoms. The molecule has 8 nitrogen and oxygen atoms in total. The van der Waals surface area contributed by atoms with Gasteiger partial charge in [-0.1, -0.05) is 31.1 Å². The van der Waals surface area contributed by atoms with Crippen LogP contribution in [0.15, 0.2) is 0 Å². The van der Waals surface area contributed by atoms with Gasteiger partial charge in [-0.15, -0.1) is 10.2 Å². The molecule has 0 aromatic carbocycles. The van der Waals surface area contributed by atoms with Crippen LogP contribution in [0.2, 0.25) is 0 Å². The average molecular weight is 391 g/mol. The van der Waals surface area contributed by atoms with Crippen molar-refractivity contribution in [3.63, 3.8) is 0 Å². The van der Waals surface area contributed by atoms with Gasteiger partial charge in [0.2, 0.25) is 16.0 Å². The lowest BCUT2D eigenvalue weighted by Gasteiger charge is -2.36. The van der Waals surface area contributed by atoms with Crippen LogP contribution in [0.25, 0.3) is 0 Å². The molecular weight excluding hydrogens is 375 g/mol. The van der Waals surface area contributed by atoms with Crippen LogP contribution < -0.4 is 10.6 Å². The number of anilines is 1. The molecule has 2 aliphatic rings. The van der Waals surface area contributed by atoms with Crippen molar-refractivity contribution < 1.29 is 27.6 Å². The largest absolute Gasteiger partial charge is 0.445 e. The zero-order valence-electron chi connectivity index (χ0n) is 13.7. The molecule has 1 saturated heterocycles. The van der Waals surface area contributed by atoms with Crippen LogP contribution in [0.4, 0.5) is 23.1 Å². The predicted molar refractivity (Wildman–Crippen MR) is 84.1 cm³/mol. The van der Waals surface area contributed by atoms with Gasteiger partial charge in [0.05, 0.1) is 0 Å². The van der Waals surface area contributed by atoms with Gasteiger partial charge < -0.3 is 5.32 Å². The molecule has 3 rings (SSSR count). The molecule has 2 heterocycles. The van der Waals surface area contributed by atoms with E-state index in [0.717, 1.165) is 24.2 Å². The summed E-state index contributed by atoms with van der Waals surface area (Å²) in [6.07, 6.45) is -1.61. The van der Waals surface area contributed by atoms with Crippen LogP contribution in [-0.4, -0.2) is 45.0 Å². The lowest BCUT2D eigenvalue weighted by Crippen LogP contribution is -2.54. The van der Waals surface area contributed by atoms with Crippen molar-refractivity contribution in [2.24, 2.45) is 5.92 Å². The number of halogens is 3. The van der Waals surface area contributed by atoms with E-state index in [2.05, 4.69) is 20.8 Å². The van der Waals surface area contributed by atoms with Crippen LogP contribution >= 0.6 is 11.3 Å². The molecule has 1 saturated carbocycles. The van der Waals surface area contributed by atoms with Crippen molar-refractivity contribution in [3.05, 3.63) is 5.01 Å². The number of aromatic nitrogens is 2.